The average molecular weight is 307 g/mol. The molecule has 1 aromatic rings. The highest BCUT2D eigenvalue weighted by atomic mass is 16.6. The normalized spacial score (nSPS) is 16.4. The van der Waals surface area contributed by atoms with Gasteiger partial charge in [-0.15, -0.1) is 0 Å². The number of carbonyl (C=O) groups excluding carboxylic acids is 1. The summed E-state index contributed by atoms with van der Waals surface area (Å²) < 4.78 is 5.27. The summed E-state index contributed by atoms with van der Waals surface area (Å²) >= 11 is 0. The Balaban J connectivity index is 2.07. The number of rotatable bonds is 5. The first-order valence-corrected chi connectivity index (χ1v) is 7.36. The molecule has 2 rings (SSSR count). The summed E-state index contributed by atoms with van der Waals surface area (Å²) in [5, 5.41) is 13.9. The minimum absolute atomic E-state index is 0.0335. The largest absolute Gasteiger partial charge is 0.378 e. The molecule has 0 unspecified atom stereocenters. The van der Waals surface area contributed by atoms with Crippen LogP contribution in [0.3, 0.4) is 0 Å². The number of amides is 1. The number of ether oxygens (including phenoxy) is 1. The monoisotopic (exact) mass is 307 g/mol. The van der Waals surface area contributed by atoms with Gasteiger partial charge in [0.1, 0.15) is 6.04 Å². The van der Waals surface area contributed by atoms with Crippen molar-refractivity contribution < 1.29 is 14.5 Å². The third-order valence-electron chi connectivity index (χ3n) is 3.66. The number of carbonyl (C=O) groups is 1. The molecular formula is C15H21N3O4. The predicted octanol–water partition coefficient (Wildman–Crippen LogP) is 1.89. The van der Waals surface area contributed by atoms with Gasteiger partial charge in [0, 0.05) is 30.9 Å². The van der Waals surface area contributed by atoms with Crippen molar-refractivity contribution in [3.05, 3.63) is 34.4 Å². The van der Waals surface area contributed by atoms with Gasteiger partial charge in [0.05, 0.1) is 18.1 Å². The van der Waals surface area contributed by atoms with E-state index in [0.29, 0.717) is 32.0 Å². The Morgan fingerprint density at radius 3 is 2.36 bits per heavy atom. The van der Waals surface area contributed by atoms with E-state index in [0.717, 1.165) is 0 Å². The third kappa shape index (κ3) is 3.94. The van der Waals surface area contributed by atoms with Gasteiger partial charge in [0.2, 0.25) is 5.91 Å². The summed E-state index contributed by atoms with van der Waals surface area (Å²) in [5.74, 6) is 0.141. The van der Waals surface area contributed by atoms with E-state index in [4.69, 9.17) is 4.74 Å². The molecule has 0 aliphatic carbocycles. The summed E-state index contributed by atoms with van der Waals surface area (Å²) in [6.45, 7) is 6.28. The van der Waals surface area contributed by atoms with Gasteiger partial charge < -0.3 is 15.0 Å². The highest BCUT2D eigenvalue weighted by molar-refractivity contribution is 5.85. The molecule has 22 heavy (non-hydrogen) atoms. The van der Waals surface area contributed by atoms with Crippen LogP contribution in [0, 0.1) is 16.0 Å². The number of benzene rings is 1. The zero-order valence-electron chi connectivity index (χ0n) is 12.8. The van der Waals surface area contributed by atoms with Crippen molar-refractivity contribution in [1.82, 2.24) is 4.90 Å². The summed E-state index contributed by atoms with van der Waals surface area (Å²) in [6, 6.07) is 5.75. The second kappa shape index (κ2) is 7.22. The van der Waals surface area contributed by atoms with Crippen molar-refractivity contribution in [2.24, 2.45) is 5.92 Å². The molecule has 1 fully saturated rings. The van der Waals surface area contributed by atoms with Crippen LogP contribution >= 0.6 is 0 Å². The predicted molar refractivity (Wildman–Crippen MR) is 82.7 cm³/mol. The van der Waals surface area contributed by atoms with Gasteiger partial charge in [-0.05, 0) is 18.1 Å². The molecule has 1 amide bonds. The summed E-state index contributed by atoms with van der Waals surface area (Å²) in [7, 11) is 0. The molecule has 1 aliphatic heterocycles. The van der Waals surface area contributed by atoms with E-state index < -0.39 is 4.92 Å². The van der Waals surface area contributed by atoms with E-state index in [2.05, 4.69) is 5.32 Å². The molecule has 0 saturated carbocycles. The molecular weight excluding hydrogens is 286 g/mol. The molecule has 1 aliphatic rings. The Morgan fingerprint density at radius 1 is 1.27 bits per heavy atom. The number of hydrogen-bond donors (Lipinski definition) is 1. The number of morpholine rings is 1. The molecule has 0 radical (unpaired) electrons. The van der Waals surface area contributed by atoms with Crippen LogP contribution in [0.1, 0.15) is 13.8 Å². The van der Waals surface area contributed by atoms with Crippen LogP contribution in [-0.4, -0.2) is 48.1 Å². The number of nitrogens with one attached hydrogen (secondary N) is 1. The maximum atomic E-state index is 12.6. The molecule has 1 N–H and O–H groups in total. The molecule has 1 heterocycles. The van der Waals surface area contributed by atoms with Crippen molar-refractivity contribution in [2.45, 2.75) is 19.9 Å². The van der Waals surface area contributed by atoms with Gasteiger partial charge in [-0.3, -0.25) is 14.9 Å². The Bertz CT molecular complexity index is 524. The van der Waals surface area contributed by atoms with E-state index in [1.807, 2.05) is 13.8 Å². The van der Waals surface area contributed by atoms with Crippen LogP contribution in [0.15, 0.2) is 24.3 Å². The first-order valence-electron chi connectivity index (χ1n) is 7.36. The standard InChI is InChI=1S/C15H21N3O4/c1-11(2)14(15(19)17-7-9-22-10-8-17)16-12-3-5-13(6-4-12)18(20)21/h3-6,11,14,16H,7-10H2,1-2H3/t14-/m1/s1. The van der Waals surface area contributed by atoms with Gasteiger partial charge >= 0.3 is 0 Å². The fourth-order valence-electron chi connectivity index (χ4n) is 2.35. The van der Waals surface area contributed by atoms with Crippen LogP contribution in [0.5, 0.6) is 0 Å². The fraction of sp³-hybridized carbons (Fsp3) is 0.533. The lowest BCUT2D eigenvalue weighted by molar-refractivity contribution is -0.384. The summed E-state index contributed by atoms with van der Waals surface area (Å²) in [5.41, 5.74) is 0.733. The lowest BCUT2D eigenvalue weighted by Crippen LogP contribution is -2.49. The molecule has 1 aromatic carbocycles. The quantitative estimate of drug-likeness (QED) is 0.663. The number of nitro groups is 1. The van der Waals surface area contributed by atoms with E-state index in [1.165, 1.54) is 12.1 Å². The van der Waals surface area contributed by atoms with Crippen LogP contribution < -0.4 is 5.32 Å². The number of non-ortho nitro benzene ring substituents is 1. The molecule has 0 spiro atoms. The number of hydrogen-bond acceptors (Lipinski definition) is 5. The molecule has 0 aromatic heterocycles. The minimum Gasteiger partial charge on any atom is -0.378 e. The summed E-state index contributed by atoms with van der Waals surface area (Å²) in [6.07, 6.45) is 0. The average Bonchev–Trinajstić information content (AvgIpc) is 2.53. The molecule has 1 saturated heterocycles. The summed E-state index contributed by atoms with van der Waals surface area (Å²) in [4.78, 5) is 24.6. The van der Waals surface area contributed by atoms with E-state index in [9.17, 15) is 14.9 Å². The van der Waals surface area contributed by atoms with Crippen LogP contribution in [-0.2, 0) is 9.53 Å². The highest BCUT2D eigenvalue weighted by Gasteiger charge is 2.28. The Hall–Kier alpha value is -2.15. The first kappa shape index (κ1) is 16.2. The van der Waals surface area contributed by atoms with Crippen molar-refractivity contribution in [2.75, 3.05) is 31.6 Å². The maximum absolute atomic E-state index is 12.6. The molecule has 120 valence electrons. The van der Waals surface area contributed by atoms with E-state index >= 15 is 0 Å². The van der Waals surface area contributed by atoms with Gasteiger partial charge in [-0.1, -0.05) is 13.8 Å². The zero-order chi connectivity index (χ0) is 16.1. The second-order valence-electron chi connectivity index (χ2n) is 5.61. The zero-order valence-corrected chi connectivity index (χ0v) is 12.8. The van der Waals surface area contributed by atoms with Gasteiger partial charge in [-0.2, -0.15) is 0 Å². The van der Waals surface area contributed by atoms with Crippen molar-refractivity contribution in [3.63, 3.8) is 0 Å². The Morgan fingerprint density at radius 2 is 1.86 bits per heavy atom. The molecule has 0 bridgehead atoms. The van der Waals surface area contributed by atoms with Crippen LogP contribution in [0.2, 0.25) is 0 Å². The Labute approximate surface area is 129 Å². The van der Waals surface area contributed by atoms with E-state index in [1.54, 1.807) is 17.0 Å². The van der Waals surface area contributed by atoms with Crippen molar-refractivity contribution in [1.29, 1.82) is 0 Å². The lowest BCUT2D eigenvalue weighted by Gasteiger charge is -2.32. The SMILES string of the molecule is CC(C)[C@@H](Nc1ccc([N+](=O)[O-])cc1)C(=O)N1CCOCC1. The van der Waals surface area contributed by atoms with Gasteiger partial charge in [0.15, 0.2) is 0 Å². The van der Waals surface area contributed by atoms with E-state index in [-0.39, 0.29) is 23.6 Å². The molecule has 1 atom stereocenters. The number of nitrogens with zero attached hydrogens (tertiary/aromatic N) is 2. The molecule has 7 nitrogen and oxygen atoms in total. The topological polar surface area (TPSA) is 84.7 Å². The second-order valence-corrected chi connectivity index (χ2v) is 5.61. The molecule has 7 heteroatoms. The Kier molecular flexibility index (Phi) is 5.32. The van der Waals surface area contributed by atoms with Gasteiger partial charge in [0.25, 0.3) is 5.69 Å². The first-order chi connectivity index (χ1) is 10.5. The lowest BCUT2D eigenvalue weighted by atomic mass is 10.0. The fourth-order valence-corrected chi connectivity index (χ4v) is 2.35. The number of nitro benzene ring substituents is 1. The van der Waals surface area contributed by atoms with Crippen molar-refractivity contribution >= 4 is 17.3 Å². The smallest absolute Gasteiger partial charge is 0.269 e. The maximum Gasteiger partial charge on any atom is 0.269 e. The number of anilines is 1. The van der Waals surface area contributed by atoms with Crippen molar-refractivity contribution in [3.8, 4) is 0 Å². The third-order valence-corrected chi connectivity index (χ3v) is 3.66. The van der Waals surface area contributed by atoms with Crippen LogP contribution in [0.4, 0.5) is 11.4 Å². The minimum atomic E-state index is -0.442. The highest BCUT2D eigenvalue weighted by Crippen LogP contribution is 2.19. The van der Waals surface area contributed by atoms with Gasteiger partial charge in [-0.25, -0.2) is 0 Å². The van der Waals surface area contributed by atoms with Crippen LogP contribution in [0.25, 0.3) is 0 Å².